The van der Waals surface area contributed by atoms with Crippen LogP contribution in [-0.2, 0) is 57.4 Å². The average Bonchev–Trinajstić information content (AvgIpc) is 3.89. The summed E-state index contributed by atoms with van der Waals surface area (Å²) in [7, 11) is 11.0. The predicted molar refractivity (Wildman–Crippen MR) is 230 cm³/mol. The molecule has 2 aliphatic rings. The van der Waals surface area contributed by atoms with Gasteiger partial charge in [-0.3, -0.25) is 0 Å². The van der Waals surface area contributed by atoms with E-state index in [1.807, 2.05) is 0 Å². The molecule has 2 aliphatic carbocycles. The molecule has 0 bridgehead atoms. The van der Waals surface area contributed by atoms with E-state index in [2.05, 4.69) is 153 Å². The zero-order valence-corrected chi connectivity index (χ0v) is 38.1. The van der Waals surface area contributed by atoms with Crippen molar-refractivity contribution in [2.75, 3.05) is 0 Å². The molecule has 0 heterocycles. The summed E-state index contributed by atoms with van der Waals surface area (Å²) < 4.78 is 0. The fourth-order valence-corrected chi connectivity index (χ4v) is 8.08. The van der Waals surface area contributed by atoms with Crippen LogP contribution in [-0.4, -0.2) is 9.52 Å². The second kappa shape index (κ2) is 17.5. The number of rotatable bonds is 2. The van der Waals surface area contributed by atoms with Crippen molar-refractivity contribution < 1.29 is 20.8 Å². The molecule has 6 aromatic carbocycles. The molecule has 52 heavy (non-hydrogen) atoms. The predicted octanol–water partition coefficient (Wildman–Crippen LogP) is 14.8. The van der Waals surface area contributed by atoms with E-state index in [-0.39, 0.29) is 10.8 Å². The molecule has 0 atom stereocenters. The van der Waals surface area contributed by atoms with Gasteiger partial charge in [0.05, 0.1) is 0 Å². The van der Waals surface area contributed by atoms with Gasteiger partial charge in [-0.2, -0.15) is 12.1 Å². The Bertz CT molecular complexity index is 1940. The van der Waals surface area contributed by atoms with E-state index in [9.17, 15) is 0 Å². The Morgan fingerprint density at radius 2 is 0.885 bits per heavy atom. The minimum absolute atomic E-state index is 0.212. The van der Waals surface area contributed by atoms with Crippen LogP contribution in [0.3, 0.4) is 0 Å². The summed E-state index contributed by atoms with van der Waals surface area (Å²) in [5.41, 5.74) is 18.0. The first-order chi connectivity index (χ1) is 24.7. The normalized spacial score (nSPS) is 13.3. The van der Waals surface area contributed by atoms with Gasteiger partial charge in [0.25, 0.3) is 0 Å². The van der Waals surface area contributed by atoms with Gasteiger partial charge < -0.3 is 0 Å². The van der Waals surface area contributed by atoms with Crippen LogP contribution in [0.2, 0.25) is 13.1 Å². The summed E-state index contributed by atoms with van der Waals surface area (Å²) >= 11 is -0.826. The molecule has 6 aromatic rings. The van der Waals surface area contributed by atoms with Crippen molar-refractivity contribution in [3.05, 3.63) is 129 Å². The van der Waals surface area contributed by atoms with Crippen molar-refractivity contribution >= 4 is 48.1 Å². The molecule has 270 valence electrons. The number of hydrogen-bond acceptors (Lipinski definition) is 0. The van der Waals surface area contributed by atoms with Crippen LogP contribution in [0, 0.1) is 13.8 Å². The Hall–Kier alpha value is -2.22. The van der Waals surface area contributed by atoms with Crippen molar-refractivity contribution in [2.24, 2.45) is 0 Å². The molecule has 0 N–H and O–H groups in total. The number of aryl methyl sites for hydroxylation is 4. The third-order valence-electron chi connectivity index (χ3n) is 10.5. The Morgan fingerprint density at radius 1 is 0.558 bits per heavy atom. The topological polar surface area (TPSA) is 0 Å². The summed E-state index contributed by atoms with van der Waals surface area (Å²) in [6.45, 7) is 22.4. The quantitative estimate of drug-likeness (QED) is 0.121. The van der Waals surface area contributed by atoms with Gasteiger partial charge in [0.15, 0.2) is 0 Å². The van der Waals surface area contributed by atoms with Crippen LogP contribution in [0.25, 0.3) is 43.8 Å². The third-order valence-corrected chi connectivity index (χ3v) is 10.5. The second-order valence-electron chi connectivity index (χ2n) is 16.8. The second-order valence-corrected chi connectivity index (χ2v) is 21.5. The van der Waals surface area contributed by atoms with Crippen LogP contribution in [0.4, 0.5) is 0 Å². The Balaban J connectivity index is 0.000000175. The first-order valence-electron chi connectivity index (χ1n) is 18.9. The molecule has 2 radical (unpaired) electrons. The molecular weight excluding hydrogens is 767 g/mol. The fraction of sp³-hybridized carbons (Fsp3) is 0.375. The molecule has 0 saturated carbocycles. The standard InChI is InChI=1S/2C23H25.C2H6Si.2ClH.Zr/c2*1-15-12-18-14-17-6-5-7-20(17)22(21(18)13-15)16-8-10-19(11-9-16)23(2,3)4;1-3-2;;;/h2*8-14H,5-7H2,1-4H3;1-2H3;2*1H;/q2*-1;;;;+4/p-2. The SMILES string of the molecule is C[Si]C.Cc1cc2c(-c3ccc(C(C)(C)C)cc3)c3c(cc2[cH-]1)CCC3.Cc1cc2c(-c3ccc(C(C)(C)C)cc3)c3c(cc2[cH-]1)CCC3.[Cl][Zr+2][Cl]. The number of fused-ring (bicyclic) bond motifs is 4. The van der Waals surface area contributed by atoms with Gasteiger partial charge in [-0.25, -0.2) is 0 Å². The molecule has 0 fully saturated rings. The van der Waals surface area contributed by atoms with Crippen molar-refractivity contribution in [3.8, 4) is 22.3 Å². The first-order valence-corrected chi connectivity index (χ1v) is 27.2. The Morgan fingerprint density at radius 3 is 1.19 bits per heavy atom. The van der Waals surface area contributed by atoms with E-state index in [4.69, 9.17) is 17.0 Å². The molecule has 0 aromatic heterocycles. The van der Waals surface area contributed by atoms with E-state index < -0.39 is 20.8 Å². The Labute approximate surface area is 335 Å². The maximum absolute atomic E-state index is 4.93. The van der Waals surface area contributed by atoms with Crippen LogP contribution in [0.1, 0.15) is 98.9 Å². The van der Waals surface area contributed by atoms with E-state index >= 15 is 0 Å². The van der Waals surface area contributed by atoms with Crippen molar-refractivity contribution in [1.82, 2.24) is 0 Å². The fourth-order valence-electron chi connectivity index (χ4n) is 8.08. The van der Waals surface area contributed by atoms with Gasteiger partial charge in [-0.1, -0.05) is 150 Å². The van der Waals surface area contributed by atoms with Crippen LogP contribution in [0.15, 0.2) is 84.9 Å². The molecule has 0 nitrogen and oxygen atoms in total. The summed E-state index contributed by atoms with van der Waals surface area (Å²) in [5.74, 6) is 0. The molecule has 0 saturated heterocycles. The van der Waals surface area contributed by atoms with Gasteiger partial charge >= 0.3 is 37.9 Å². The molecule has 0 unspecified atom stereocenters. The molecule has 4 heteroatoms. The number of hydrogen-bond donors (Lipinski definition) is 0. The van der Waals surface area contributed by atoms with Gasteiger partial charge in [0.2, 0.25) is 0 Å². The number of halogens is 2. The molecule has 0 aliphatic heterocycles. The molecule has 0 amide bonds. The molecule has 8 rings (SSSR count). The molecular formula is C48H56Cl2SiZr. The minimum atomic E-state index is -0.826. The summed E-state index contributed by atoms with van der Waals surface area (Å²) in [6, 6.07) is 32.8. The van der Waals surface area contributed by atoms with Crippen LogP contribution >= 0.6 is 17.0 Å². The van der Waals surface area contributed by atoms with Gasteiger partial charge in [-0.05, 0) is 71.6 Å². The van der Waals surface area contributed by atoms with E-state index in [1.165, 1.54) is 105 Å². The number of benzene rings is 4. The van der Waals surface area contributed by atoms with E-state index in [0.717, 1.165) is 9.52 Å². The summed E-state index contributed by atoms with van der Waals surface area (Å²) in [4.78, 5) is 0. The van der Waals surface area contributed by atoms with Gasteiger partial charge in [0.1, 0.15) is 0 Å². The Kier molecular flexibility index (Phi) is 13.8. The van der Waals surface area contributed by atoms with Crippen molar-refractivity contribution in [1.29, 1.82) is 0 Å². The van der Waals surface area contributed by atoms with E-state index in [0.29, 0.717) is 0 Å². The van der Waals surface area contributed by atoms with Gasteiger partial charge in [0, 0.05) is 9.52 Å². The summed E-state index contributed by atoms with van der Waals surface area (Å²) in [6.07, 6.45) is 7.53. The van der Waals surface area contributed by atoms with Crippen LogP contribution in [0.5, 0.6) is 0 Å². The zero-order chi connectivity index (χ0) is 37.8. The van der Waals surface area contributed by atoms with Crippen LogP contribution < -0.4 is 0 Å². The van der Waals surface area contributed by atoms with Crippen molar-refractivity contribution in [2.45, 2.75) is 118 Å². The summed E-state index contributed by atoms with van der Waals surface area (Å²) in [5, 5.41) is 5.70. The first kappa shape index (κ1) is 41.0. The van der Waals surface area contributed by atoms with Gasteiger partial charge in [-0.15, -0.1) is 56.9 Å². The third kappa shape index (κ3) is 9.34. The maximum atomic E-state index is 4.93. The molecule has 0 spiro atoms. The van der Waals surface area contributed by atoms with Crippen molar-refractivity contribution in [3.63, 3.8) is 0 Å². The monoisotopic (exact) mass is 820 g/mol. The van der Waals surface area contributed by atoms with E-state index in [1.54, 1.807) is 22.3 Å². The average molecular weight is 823 g/mol. The zero-order valence-electron chi connectivity index (χ0n) is 33.1.